The molecule has 1 N–H and O–H groups in total. The number of terminal acetylenes is 1. The van der Waals surface area contributed by atoms with Crippen LogP contribution in [0.15, 0.2) is 0 Å². The molecule has 0 atom stereocenters. The van der Waals surface area contributed by atoms with Crippen molar-refractivity contribution in [2.45, 2.75) is 31.7 Å². The van der Waals surface area contributed by atoms with E-state index < -0.39 is 0 Å². The summed E-state index contributed by atoms with van der Waals surface area (Å²) in [5, 5.41) is 3.48. The summed E-state index contributed by atoms with van der Waals surface area (Å²) in [7, 11) is 0. The lowest BCUT2D eigenvalue weighted by atomic mass is 10.1. The van der Waals surface area contributed by atoms with Crippen LogP contribution in [0.3, 0.4) is 0 Å². The number of unbranched alkanes of at least 4 members (excludes halogenated alkanes) is 1. The van der Waals surface area contributed by atoms with Gasteiger partial charge < -0.3 is 10.1 Å². The Balaban J connectivity index is 1.95. The van der Waals surface area contributed by atoms with Gasteiger partial charge >= 0.3 is 0 Å². The van der Waals surface area contributed by atoms with Crippen LogP contribution < -0.4 is 5.32 Å². The van der Waals surface area contributed by atoms with Gasteiger partial charge in [-0.05, 0) is 25.8 Å². The van der Waals surface area contributed by atoms with Crippen LogP contribution in [0.2, 0.25) is 0 Å². The minimum atomic E-state index is 0.663. The number of nitrogens with one attached hydrogen (secondary N) is 1. The molecule has 2 heteroatoms. The van der Waals surface area contributed by atoms with E-state index in [0.717, 1.165) is 45.4 Å². The maximum absolute atomic E-state index is 5.25. The van der Waals surface area contributed by atoms with E-state index >= 15 is 0 Å². The van der Waals surface area contributed by atoms with Gasteiger partial charge in [0.2, 0.25) is 0 Å². The van der Waals surface area contributed by atoms with Crippen molar-refractivity contribution in [1.29, 1.82) is 0 Å². The molecular weight excluding hydrogens is 150 g/mol. The standard InChI is InChI=1S/C10H17NO/c1-2-3-4-7-11-10-5-8-12-9-6-10/h1,10-11H,3-9H2. The second-order valence-corrected chi connectivity index (χ2v) is 3.15. The van der Waals surface area contributed by atoms with E-state index in [1.54, 1.807) is 0 Å². The van der Waals surface area contributed by atoms with E-state index in [1.807, 2.05) is 0 Å². The highest BCUT2D eigenvalue weighted by molar-refractivity contribution is 4.83. The van der Waals surface area contributed by atoms with Crippen LogP contribution in [0, 0.1) is 12.3 Å². The molecular formula is C10H17NO. The molecule has 1 aliphatic rings. The minimum Gasteiger partial charge on any atom is -0.381 e. The van der Waals surface area contributed by atoms with E-state index in [4.69, 9.17) is 11.2 Å². The Morgan fingerprint density at radius 2 is 2.17 bits per heavy atom. The minimum absolute atomic E-state index is 0.663. The zero-order valence-corrected chi connectivity index (χ0v) is 7.51. The average molecular weight is 167 g/mol. The van der Waals surface area contributed by atoms with Gasteiger partial charge in [0.1, 0.15) is 0 Å². The van der Waals surface area contributed by atoms with Gasteiger partial charge in [0.25, 0.3) is 0 Å². The summed E-state index contributed by atoms with van der Waals surface area (Å²) in [5.74, 6) is 2.64. The molecule has 1 saturated heterocycles. The Kier molecular flexibility index (Phi) is 4.82. The monoisotopic (exact) mass is 167 g/mol. The first-order chi connectivity index (χ1) is 5.93. The highest BCUT2D eigenvalue weighted by Gasteiger charge is 2.11. The lowest BCUT2D eigenvalue weighted by molar-refractivity contribution is 0.0781. The third-order valence-corrected chi connectivity index (χ3v) is 2.15. The lowest BCUT2D eigenvalue weighted by Gasteiger charge is -2.22. The molecule has 0 aliphatic carbocycles. The molecule has 0 aromatic heterocycles. The lowest BCUT2D eigenvalue weighted by Crippen LogP contribution is -2.35. The number of ether oxygens (including phenoxy) is 1. The van der Waals surface area contributed by atoms with Gasteiger partial charge in [-0.25, -0.2) is 0 Å². The quantitative estimate of drug-likeness (QED) is 0.501. The number of hydrogen-bond donors (Lipinski definition) is 1. The van der Waals surface area contributed by atoms with Crippen molar-refractivity contribution in [1.82, 2.24) is 5.32 Å². The first kappa shape index (κ1) is 9.57. The summed E-state index contributed by atoms with van der Waals surface area (Å²) in [5.41, 5.74) is 0. The molecule has 0 aromatic carbocycles. The van der Waals surface area contributed by atoms with Crippen LogP contribution >= 0.6 is 0 Å². The summed E-state index contributed by atoms with van der Waals surface area (Å²) in [6.07, 6.45) is 9.42. The van der Waals surface area contributed by atoms with E-state index in [-0.39, 0.29) is 0 Å². The van der Waals surface area contributed by atoms with Gasteiger partial charge in [-0.2, -0.15) is 0 Å². The van der Waals surface area contributed by atoms with E-state index in [9.17, 15) is 0 Å². The molecule has 0 bridgehead atoms. The topological polar surface area (TPSA) is 21.3 Å². The summed E-state index contributed by atoms with van der Waals surface area (Å²) >= 11 is 0. The van der Waals surface area contributed by atoms with Crippen molar-refractivity contribution in [2.24, 2.45) is 0 Å². The van der Waals surface area contributed by atoms with Crippen molar-refractivity contribution in [2.75, 3.05) is 19.8 Å². The number of rotatable bonds is 4. The maximum Gasteiger partial charge on any atom is 0.0480 e. The fourth-order valence-electron chi connectivity index (χ4n) is 1.40. The molecule has 0 unspecified atom stereocenters. The molecule has 1 rings (SSSR count). The first-order valence-electron chi connectivity index (χ1n) is 4.68. The third-order valence-electron chi connectivity index (χ3n) is 2.15. The van der Waals surface area contributed by atoms with Gasteiger partial charge in [-0.15, -0.1) is 12.3 Å². The van der Waals surface area contributed by atoms with Crippen LogP contribution in [-0.4, -0.2) is 25.8 Å². The normalized spacial score (nSPS) is 18.9. The highest BCUT2D eigenvalue weighted by Crippen LogP contribution is 2.05. The van der Waals surface area contributed by atoms with Gasteiger partial charge in [-0.1, -0.05) is 0 Å². The van der Waals surface area contributed by atoms with Crippen LogP contribution in [0.25, 0.3) is 0 Å². The zero-order chi connectivity index (χ0) is 8.65. The van der Waals surface area contributed by atoms with Crippen molar-refractivity contribution >= 4 is 0 Å². The summed E-state index contributed by atoms with van der Waals surface area (Å²) in [6, 6.07) is 0.663. The molecule has 12 heavy (non-hydrogen) atoms. The highest BCUT2D eigenvalue weighted by atomic mass is 16.5. The molecule has 0 amide bonds. The summed E-state index contributed by atoms with van der Waals surface area (Å²) in [4.78, 5) is 0. The third kappa shape index (κ3) is 3.75. The molecule has 1 heterocycles. The summed E-state index contributed by atoms with van der Waals surface area (Å²) < 4.78 is 5.25. The predicted octanol–water partition coefficient (Wildman–Crippen LogP) is 1.17. The van der Waals surface area contributed by atoms with Crippen LogP contribution in [-0.2, 0) is 4.74 Å². The Bertz CT molecular complexity index is 144. The molecule has 2 nitrogen and oxygen atoms in total. The van der Waals surface area contributed by atoms with E-state index in [1.165, 1.54) is 0 Å². The van der Waals surface area contributed by atoms with E-state index in [2.05, 4.69) is 11.2 Å². The maximum atomic E-state index is 5.25. The summed E-state index contributed by atoms with van der Waals surface area (Å²) in [6.45, 7) is 2.87. The van der Waals surface area contributed by atoms with E-state index in [0.29, 0.717) is 6.04 Å². The Morgan fingerprint density at radius 1 is 1.42 bits per heavy atom. The molecule has 0 radical (unpaired) electrons. The van der Waals surface area contributed by atoms with Gasteiger partial charge in [-0.3, -0.25) is 0 Å². The average Bonchev–Trinajstić information content (AvgIpc) is 2.14. The van der Waals surface area contributed by atoms with Crippen LogP contribution in [0.4, 0.5) is 0 Å². The smallest absolute Gasteiger partial charge is 0.0480 e. The van der Waals surface area contributed by atoms with Crippen molar-refractivity contribution in [3.63, 3.8) is 0 Å². The Hall–Kier alpha value is -0.520. The molecule has 68 valence electrons. The largest absolute Gasteiger partial charge is 0.381 e. The van der Waals surface area contributed by atoms with Crippen LogP contribution in [0.1, 0.15) is 25.7 Å². The molecule has 0 spiro atoms. The molecule has 1 fully saturated rings. The Labute approximate surface area is 74.7 Å². The second kappa shape index (κ2) is 6.05. The van der Waals surface area contributed by atoms with Crippen LogP contribution in [0.5, 0.6) is 0 Å². The van der Waals surface area contributed by atoms with Crippen molar-refractivity contribution in [3.05, 3.63) is 0 Å². The first-order valence-corrected chi connectivity index (χ1v) is 4.68. The second-order valence-electron chi connectivity index (χ2n) is 3.15. The SMILES string of the molecule is C#CCCCNC1CCOCC1. The van der Waals surface area contributed by atoms with Crippen molar-refractivity contribution < 1.29 is 4.74 Å². The number of hydrogen-bond acceptors (Lipinski definition) is 2. The molecule has 0 aromatic rings. The van der Waals surface area contributed by atoms with Gasteiger partial charge in [0.05, 0.1) is 0 Å². The predicted molar refractivity (Wildman–Crippen MR) is 49.9 cm³/mol. The molecule has 1 aliphatic heterocycles. The van der Waals surface area contributed by atoms with Crippen molar-refractivity contribution in [3.8, 4) is 12.3 Å². The fourth-order valence-corrected chi connectivity index (χ4v) is 1.40. The van der Waals surface area contributed by atoms with Gasteiger partial charge in [0.15, 0.2) is 0 Å². The fraction of sp³-hybridized carbons (Fsp3) is 0.800. The zero-order valence-electron chi connectivity index (χ0n) is 7.51. The van der Waals surface area contributed by atoms with Gasteiger partial charge in [0, 0.05) is 25.7 Å². The molecule has 0 saturated carbocycles. The Morgan fingerprint density at radius 3 is 2.83 bits per heavy atom.